The number of nitrogens with one attached hydrogen (secondary N) is 1. The maximum atomic E-state index is 9.27. The Bertz CT molecular complexity index is 419. The standard InChI is InChI=1S/C15H23BrN2O/c1-11(2)17-10-12-9-13(16)3-6-15(12)18(7-8-19)14-4-5-14/h3,6,9,11,14,17,19H,4-5,7-8,10H2,1-2H3. The van der Waals surface area contributed by atoms with Crippen molar-refractivity contribution in [1.29, 1.82) is 0 Å². The first kappa shape index (κ1) is 14.8. The van der Waals surface area contributed by atoms with Crippen molar-refractivity contribution >= 4 is 21.6 Å². The minimum atomic E-state index is 0.212. The molecule has 2 rings (SSSR count). The van der Waals surface area contributed by atoms with Gasteiger partial charge in [-0.3, -0.25) is 0 Å². The summed E-state index contributed by atoms with van der Waals surface area (Å²) in [5.41, 5.74) is 2.55. The number of nitrogens with zero attached hydrogens (tertiary/aromatic N) is 1. The maximum Gasteiger partial charge on any atom is 0.0606 e. The van der Waals surface area contributed by atoms with Crippen LogP contribution in [0.5, 0.6) is 0 Å². The van der Waals surface area contributed by atoms with Gasteiger partial charge in [-0.25, -0.2) is 0 Å². The Morgan fingerprint density at radius 2 is 2.16 bits per heavy atom. The topological polar surface area (TPSA) is 35.5 Å². The number of aliphatic hydroxyl groups excluding tert-OH is 1. The molecular formula is C15H23BrN2O. The largest absolute Gasteiger partial charge is 0.395 e. The molecule has 1 aromatic rings. The molecule has 0 atom stereocenters. The quantitative estimate of drug-likeness (QED) is 0.808. The van der Waals surface area contributed by atoms with Crippen LogP contribution in [0.3, 0.4) is 0 Å². The monoisotopic (exact) mass is 326 g/mol. The van der Waals surface area contributed by atoms with Crippen LogP contribution in [0.25, 0.3) is 0 Å². The lowest BCUT2D eigenvalue weighted by Crippen LogP contribution is -2.31. The molecule has 1 aliphatic carbocycles. The molecule has 1 aliphatic rings. The Morgan fingerprint density at radius 1 is 1.42 bits per heavy atom. The highest BCUT2D eigenvalue weighted by atomic mass is 79.9. The molecule has 0 aromatic heterocycles. The third kappa shape index (κ3) is 4.20. The van der Waals surface area contributed by atoms with Crippen molar-refractivity contribution in [2.24, 2.45) is 0 Å². The molecule has 0 heterocycles. The summed E-state index contributed by atoms with van der Waals surface area (Å²) >= 11 is 3.55. The molecule has 2 N–H and O–H groups in total. The smallest absolute Gasteiger partial charge is 0.0606 e. The number of rotatable bonds is 7. The van der Waals surface area contributed by atoms with Crippen molar-refractivity contribution in [3.05, 3.63) is 28.2 Å². The average Bonchev–Trinajstić information content (AvgIpc) is 3.18. The minimum absolute atomic E-state index is 0.212. The van der Waals surface area contributed by atoms with Crippen LogP contribution in [0.1, 0.15) is 32.3 Å². The Labute approximate surface area is 124 Å². The van der Waals surface area contributed by atoms with Crippen molar-refractivity contribution in [3.63, 3.8) is 0 Å². The molecular weight excluding hydrogens is 304 g/mol. The number of hydrogen-bond acceptors (Lipinski definition) is 3. The van der Waals surface area contributed by atoms with Gasteiger partial charge in [-0.2, -0.15) is 0 Å². The first-order chi connectivity index (χ1) is 9.11. The summed E-state index contributed by atoms with van der Waals surface area (Å²) in [5, 5.41) is 12.7. The molecule has 106 valence electrons. The number of anilines is 1. The van der Waals surface area contributed by atoms with Crippen molar-refractivity contribution in [1.82, 2.24) is 5.32 Å². The first-order valence-corrected chi connectivity index (χ1v) is 7.80. The van der Waals surface area contributed by atoms with Crippen LogP contribution in [0.15, 0.2) is 22.7 Å². The summed E-state index contributed by atoms with van der Waals surface area (Å²) < 4.78 is 1.11. The molecule has 0 bridgehead atoms. The summed E-state index contributed by atoms with van der Waals surface area (Å²) in [6.45, 7) is 6.11. The van der Waals surface area contributed by atoms with Crippen molar-refractivity contribution < 1.29 is 5.11 Å². The van der Waals surface area contributed by atoms with Crippen LogP contribution >= 0.6 is 15.9 Å². The van der Waals surface area contributed by atoms with Crippen LogP contribution in [-0.4, -0.2) is 30.3 Å². The van der Waals surface area contributed by atoms with Gasteiger partial charge in [-0.1, -0.05) is 29.8 Å². The summed E-state index contributed by atoms with van der Waals surface area (Å²) in [6.07, 6.45) is 2.49. The van der Waals surface area contributed by atoms with E-state index in [0.29, 0.717) is 12.1 Å². The van der Waals surface area contributed by atoms with E-state index in [1.165, 1.54) is 24.1 Å². The zero-order valence-electron chi connectivity index (χ0n) is 11.7. The molecule has 0 aliphatic heterocycles. The molecule has 0 spiro atoms. The van der Waals surface area contributed by atoms with E-state index in [0.717, 1.165) is 17.6 Å². The predicted molar refractivity (Wildman–Crippen MR) is 83.6 cm³/mol. The van der Waals surface area contributed by atoms with Gasteiger partial charge in [-0.05, 0) is 36.6 Å². The number of hydrogen-bond donors (Lipinski definition) is 2. The van der Waals surface area contributed by atoms with Gasteiger partial charge >= 0.3 is 0 Å². The molecule has 0 radical (unpaired) electrons. The second-order valence-electron chi connectivity index (χ2n) is 5.46. The Hall–Kier alpha value is -0.580. The Kier molecular flexibility index (Phi) is 5.25. The van der Waals surface area contributed by atoms with Gasteiger partial charge in [0.2, 0.25) is 0 Å². The molecule has 1 fully saturated rings. The molecule has 19 heavy (non-hydrogen) atoms. The highest BCUT2D eigenvalue weighted by Crippen LogP contribution is 2.34. The zero-order valence-corrected chi connectivity index (χ0v) is 13.3. The lowest BCUT2D eigenvalue weighted by atomic mass is 10.1. The van der Waals surface area contributed by atoms with E-state index in [9.17, 15) is 5.11 Å². The molecule has 4 heteroatoms. The van der Waals surface area contributed by atoms with E-state index >= 15 is 0 Å². The lowest BCUT2D eigenvalue weighted by molar-refractivity contribution is 0.301. The number of benzene rings is 1. The van der Waals surface area contributed by atoms with Crippen LogP contribution in [0.4, 0.5) is 5.69 Å². The SMILES string of the molecule is CC(C)NCc1cc(Br)ccc1N(CCO)C1CC1. The molecule has 3 nitrogen and oxygen atoms in total. The summed E-state index contributed by atoms with van der Waals surface area (Å²) in [5.74, 6) is 0. The lowest BCUT2D eigenvalue weighted by Gasteiger charge is -2.27. The van der Waals surface area contributed by atoms with Crippen LogP contribution < -0.4 is 10.2 Å². The summed E-state index contributed by atoms with van der Waals surface area (Å²) in [6, 6.07) is 7.51. The van der Waals surface area contributed by atoms with Crippen molar-refractivity contribution in [2.45, 2.75) is 45.3 Å². The van der Waals surface area contributed by atoms with Gasteiger partial charge in [0, 0.05) is 35.3 Å². The number of aliphatic hydroxyl groups is 1. The van der Waals surface area contributed by atoms with E-state index < -0.39 is 0 Å². The summed E-state index contributed by atoms with van der Waals surface area (Å²) in [4.78, 5) is 2.35. The van der Waals surface area contributed by atoms with Gasteiger partial charge in [-0.15, -0.1) is 0 Å². The third-order valence-corrected chi connectivity index (χ3v) is 3.87. The van der Waals surface area contributed by atoms with Gasteiger partial charge in [0.05, 0.1) is 6.61 Å². The fraction of sp³-hybridized carbons (Fsp3) is 0.600. The van der Waals surface area contributed by atoms with E-state index in [-0.39, 0.29) is 6.61 Å². The maximum absolute atomic E-state index is 9.27. The highest BCUT2D eigenvalue weighted by molar-refractivity contribution is 9.10. The minimum Gasteiger partial charge on any atom is -0.395 e. The summed E-state index contributed by atoms with van der Waals surface area (Å²) in [7, 11) is 0. The Morgan fingerprint density at radius 3 is 2.74 bits per heavy atom. The average molecular weight is 327 g/mol. The molecule has 1 saturated carbocycles. The second kappa shape index (κ2) is 6.73. The normalized spacial score (nSPS) is 15.0. The fourth-order valence-corrected chi connectivity index (χ4v) is 2.69. The van der Waals surface area contributed by atoms with E-state index in [1.54, 1.807) is 0 Å². The highest BCUT2D eigenvalue weighted by Gasteiger charge is 2.29. The van der Waals surface area contributed by atoms with Crippen molar-refractivity contribution in [2.75, 3.05) is 18.1 Å². The van der Waals surface area contributed by atoms with E-state index in [4.69, 9.17) is 0 Å². The Balaban J connectivity index is 2.21. The molecule has 0 amide bonds. The van der Waals surface area contributed by atoms with E-state index in [1.807, 2.05) is 0 Å². The number of halogens is 1. The van der Waals surface area contributed by atoms with Gasteiger partial charge < -0.3 is 15.3 Å². The predicted octanol–water partition coefficient (Wildman–Crippen LogP) is 2.91. The zero-order chi connectivity index (χ0) is 13.8. The van der Waals surface area contributed by atoms with Gasteiger partial charge in [0.25, 0.3) is 0 Å². The van der Waals surface area contributed by atoms with Gasteiger partial charge in [0.15, 0.2) is 0 Å². The molecule has 0 unspecified atom stereocenters. The van der Waals surface area contributed by atoms with Gasteiger partial charge in [0.1, 0.15) is 0 Å². The van der Waals surface area contributed by atoms with Crippen LogP contribution in [0.2, 0.25) is 0 Å². The first-order valence-electron chi connectivity index (χ1n) is 7.01. The van der Waals surface area contributed by atoms with Crippen molar-refractivity contribution in [3.8, 4) is 0 Å². The van der Waals surface area contributed by atoms with Crippen LogP contribution in [-0.2, 0) is 6.54 Å². The van der Waals surface area contributed by atoms with E-state index in [2.05, 4.69) is 58.2 Å². The second-order valence-corrected chi connectivity index (χ2v) is 6.37. The van der Waals surface area contributed by atoms with Crippen LogP contribution in [0, 0.1) is 0 Å². The molecule has 1 aromatic carbocycles. The third-order valence-electron chi connectivity index (χ3n) is 3.38. The fourth-order valence-electron chi connectivity index (χ4n) is 2.28. The molecule has 0 saturated heterocycles.